The fraction of sp³-hybridized carbons (Fsp3) is 0.769. The van der Waals surface area contributed by atoms with Gasteiger partial charge in [-0.15, -0.1) is 0 Å². The molecule has 2 heterocycles. The van der Waals surface area contributed by atoms with Crippen LogP contribution in [-0.4, -0.2) is 28.5 Å². The van der Waals surface area contributed by atoms with E-state index in [1.807, 2.05) is 11.7 Å². The summed E-state index contributed by atoms with van der Waals surface area (Å²) in [5.74, 6) is 0. The Morgan fingerprint density at radius 2 is 2.33 bits per heavy atom. The average Bonchev–Trinajstić information content (AvgIpc) is 2.87. The van der Waals surface area contributed by atoms with Gasteiger partial charge in [0.25, 0.3) is 0 Å². The molecule has 0 radical (unpaired) electrons. The SMILES string of the molecule is CCc1nn(C)c(CNCC2(C)CCCO2)c1Cl. The topological polar surface area (TPSA) is 39.1 Å². The van der Waals surface area contributed by atoms with Gasteiger partial charge < -0.3 is 10.1 Å². The van der Waals surface area contributed by atoms with Crippen LogP contribution >= 0.6 is 11.6 Å². The molecule has 0 spiro atoms. The Morgan fingerprint density at radius 1 is 1.56 bits per heavy atom. The number of hydrogen-bond acceptors (Lipinski definition) is 3. The Hall–Kier alpha value is -0.580. The Balaban J connectivity index is 1.92. The van der Waals surface area contributed by atoms with E-state index in [0.717, 1.165) is 55.4 Å². The molecule has 1 unspecified atom stereocenters. The van der Waals surface area contributed by atoms with Crippen molar-refractivity contribution in [2.75, 3.05) is 13.2 Å². The van der Waals surface area contributed by atoms with Crippen LogP contribution < -0.4 is 5.32 Å². The first-order chi connectivity index (χ1) is 8.56. The first-order valence-corrected chi connectivity index (χ1v) is 6.98. The zero-order valence-electron chi connectivity index (χ0n) is 11.4. The molecular weight excluding hydrogens is 250 g/mol. The Bertz CT molecular complexity index is 411. The summed E-state index contributed by atoms with van der Waals surface area (Å²) in [4.78, 5) is 0. The first kappa shape index (κ1) is 13.8. The highest BCUT2D eigenvalue weighted by Crippen LogP contribution is 2.25. The van der Waals surface area contributed by atoms with Crippen molar-refractivity contribution in [3.63, 3.8) is 0 Å². The van der Waals surface area contributed by atoms with Crippen molar-refractivity contribution < 1.29 is 4.74 Å². The van der Waals surface area contributed by atoms with E-state index in [1.165, 1.54) is 0 Å². The molecular formula is C13H22ClN3O. The molecule has 0 amide bonds. The number of nitrogens with zero attached hydrogens (tertiary/aromatic N) is 2. The molecule has 2 rings (SSSR count). The van der Waals surface area contributed by atoms with Gasteiger partial charge in [-0.2, -0.15) is 5.10 Å². The van der Waals surface area contributed by atoms with Gasteiger partial charge in [-0.25, -0.2) is 0 Å². The monoisotopic (exact) mass is 271 g/mol. The molecule has 1 aromatic heterocycles. The van der Waals surface area contributed by atoms with Crippen molar-refractivity contribution >= 4 is 11.6 Å². The van der Waals surface area contributed by atoms with Crippen molar-refractivity contribution in [1.82, 2.24) is 15.1 Å². The lowest BCUT2D eigenvalue weighted by Gasteiger charge is -2.23. The highest BCUT2D eigenvalue weighted by Gasteiger charge is 2.29. The van der Waals surface area contributed by atoms with Gasteiger partial charge in [0.2, 0.25) is 0 Å². The lowest BCUT2D eigenvalue weighted by Crippen LogP contribution is -2.37. The van der Waals surface area contributed by atoms with E-state index in [2.05, 4.69) is 24.3 Å². The Morgan fingerprint density at radius 3 is 2.89 bits per heavy atom. The molecule has 1 atom stereocenters. The number of rotatable bonds is 5. The molecule has 0 bridgehead atoms. The van der Waals surface area contributed by atoms with Gasteiger partial charge in [0, 0.05) is 26.7 Å². The van der Waals surface area contributed by atoms with Crippen LogP contribution in [0.25, 0.3) is 0 Å². The third kappa shape index (κ3) is 2.87. The molecule has 1 fully saturated rings. The lowest BCUT2D eigenvalue weighted by atomic mass is 10.0. The highest BCUT2D eigenvalue weighted by atomic mass is 35.5. The van der Waals surface area contributed by atoms with Crippen LogP contribution in [0.5, 0.6) is 0 Å². The van der Waals surface area contributed by atoms with Crippen molar-refractivity contribution in [2.45, 2.75) is 45.3 Å². The smallest absolute Gasteiger partial charge is 0.0863 e. The molecule has 0 aliphatic carbocycles. The minimum Gasteiger partial charge on any atom is -0.374 e. The van der Waals surface area contributed by atoms with E-state index in [-0.39, 0.29) is 5.60 Å². The van der Waals surface area contributed by atoms with Gasteiger partial charge in [-0.1, -0.05) is 18.5 Å². The number of hydrogen-bond donors (Lipinski definition) is 1. The zero-order chi connectivity index (χ0) is 13.2. The highest BCUT2D eigenvalue weighted by molar-refractivity contribution is 6.31. The number of aryl methyl sites for hydroxylation is 2. The minimum atomic E-state index is -0.0152. The van der Waals surface area contributed by atoms with Gasteiger partial charge in [0.1, 0.15) is 0 Å². The summed E-state index contributed by atoms with van der Waals surface area (Å²) in [6, 6.07) is 0. The van der Waals surface area contributed by atoms with Gasteiger partial charge in [-0.05, 0) is 26.2 Å². The summed E-state index contributed by atoms with van der Waals surface area (Å²) in [6.45, 7) is 6.70. The van der Waals surface area contributed by atoms with E-state index in [9.17, 15) is 0 Å². The molecule has 102 valence electrons. The lowest BCUT2D eigenvalue weighted by molar-refractivity contribution is 0.0205. The molecule has 1 saturated heterocycles. The van der Waals surface area contributed by atoms with Crippen LogP contribution in [-0.2, 0) is 24.8 Å². The summed E-state index contributed by atoms with van der Waals surface area (Å²) in [5, 5.41) is 8.64. The Kier molecular flexibility index (Phi) is 4.30. The maximum absolute atomic E-state index is 6.31. The third-order valence-corrected chi connectivity index (χ3v) is 4.03. The minimum absolute atomic E-state index is 0.0152. The van der Waals surface area contributed by atoms with E-state index in [0.29, 0.717) is 0 Å². The summed E-state index contributed by atoms with van der Waals surface area (Å²) < 4.78 is 7.61. The zero-order valence-corrected chi connectivity index (χ0v) is 12.2. The molecule has 5 heteroatoms. The number of ether oxygens (including phenoxy) is 1. The van der Waals surface area contributed by atoms with E-state index in [4.69, 9.17) is 16.3 Å². The molecule has 4 nitrogen and oxygen atoms in total. The second-order valence-corrected chi connectivity index (χ2v) is 5.57. The van der Waals surface area contributed by atoms with Crippen molar-refractivity contribution in [1.29, 1.82) is 0 Å². The molecule has 0 aromatic carbocycles. The number of nitrogens with one attached hydrogen (secondary N) is 1. The fourth-order valence-electron chi connectivity index (χ4n) is 2.43. The van der Waals surface area contributed by atoms with Crippen LogP contribution in [0.15, 0.2) is 0 Å². The standard InChI is InChI=1S/C13H22ClN3O/c1-4-10-12(14)11(17(3)16-10)8-15-9-13(2)6-5-7-18-13/h15H,4-9H2,1-3H3. The second kappa shape index (κ2) is 5.59. The second-order valence-electron chi connectivity index (χ2n) is 5.19. The summed E-state index contributed by atoms with van der Waals surface area (Å²) in [5.41, 5.74) is 2.01. The summed E-state index contributed by atoms with van der Waals surface area (Å²) in [7, 11) is 1.94. The van der Waals surface area contributed by atoms with Gasteiger partial charge >= 0.3 is 0 Å². The summed E-state index contributed by atoms with van der Waals surface area (Å²) >= 11 is 6.31. The fourth-order valence-corrected chi connectivity index (χ4v) is 2.79. The van der Waals surface area contributed by atoms with E-state index in [1.54, 1.807) is 0 Å². The van der Waals surface area contributed by atoms with Gasteiger partial charge in [0.15, 0.2) is 0 Å². The van der Waals surface area contributed by atoms with Crippen LogP contribution in [0, 0.1) is 0 Å². The number of aromatic nitrogens is 2. The first-order valence-electron chi connectivity index (χ1n) is 6.60. The van der Waals surface area contributed by atoms with E-state index >= 15 is 0 Å². The molecule has 1 aromatic rings. The van der Waals surface area contributed by atoms with Crippen LogP contribution in [0.3, 0.4) is 0 Å². The summed E-state index contributed by atoms with van der Waals surface area (Å²) in [6.07, 6.45) is 3.15. The van der Waals surface area contributed by atoms with Crippen LogP contribution in [0.2, 0.25) is 5.02 Å². The van der Waals surface area contributed by atoms with Crippen molar-refractivity contribution in [3.8, 4) is 0 Å². The van der Waals surface area contributed by atoms with Crippen LogP contribution in [0.4, 0.5) is 0 Å². The maximum atomic E-state index is 6.31. The predicted octanol–water partition coefficient (Wildman–Crippen LogP) is 2.29. The van der Waals surface area contributed by atoms with Crippen molar-refractivity contribution in [3.05, 3.63) is 16.4 Å². The Labute approximate surface area is 114 Å². The quantitative estimate of drug-likeness (QED) is 0.893. The number of halogens is 1. The third-order valence-electron chi connectivity index (χ3n) is 3.59. The predicted molar refractivity (Wildman–Crippen MR) is 72.9 cm³/mol. The van der Waals surface area contributed by atoms with Gasteiger partial charge in [-0.3, -0.25) is 4.68 Å². The normalized spacial score (nSPS) is 23.8. The molecule has 0 saturated carbocycles. The molecule has 1 N–H and O–H groups in total. The molecule has 1 aliphatic rings. The van der Waals surface area contributed by atoms with E-state index < -0.39 is 0 Å². The van der Waals surface area contributed by atoms with Crippen LogP contribution in [0.1, 0.15) is 38.1 Å². The van der Waals surface area contributed by atoms with Gasteiger partial charge in [0.05, 0.1) is 22.0 Å². The maximum Gasteiger partial charge on any atom is 0.0863 e. The largest absolute Gasteiger partial charge is 0.374 e. The van der Waals surface area contributed by atoms with Crippen molar-refractivity contribution in [2.24, 2.45) is 7.05 Å². The molecule has 18 heavy (non-hydrogen) atoms. The molecule has 1 aliphatic heterocycles. The average molecular weight is 272 g/mol.